The lowest BCUT2D eigenvalue weighted by atomic mass is 10.1. The maximum Gasteiger partial charge on any atom is 0.159 e. The Bertz CT molecular complexity index is 996. The lowest BCUT2D eigenvalue weighted by Crippen LogP contribution is -2.09. The van der Waals surface area contributed by atoms with Gasteiger partial charge in [0.25, 0.3) is 0 Å². The van der Waals surface area contributed by atoms with Crippen molar-refractivity contribution in [2.45, 2.75) is 0 Å². The number of fused-ring (bicyclic) bond motifs is 2. The molecule has 3 N–H and O–H groups in total. The standard InChI is InChI=1S/C20H17N3O/c21-15-8-10-16(11-9-15)24-13-22-19-6-3-7-20-17(19)12-14-4-1-2-5-18(14)23-20/h1-12,22H,13,21H2. The predicted octanol–water partition coefficient (Wildman–Crippen LogP) is 4.42. The molecule has 1 heterocycles. The van der Waals surface area contributed by atoms with Crippen LogP contribution in [0.4, 0.5) is 11.4 Å². The number of pyridine rings is 1. The summed E-state index contributed by atoms with van der Waals surface area (Å²) in [6, 6.07) is 23.7. The molecule has 4 nitrogen and oxygen atoms in total. The van der Waals surface area contributed by atoms with Gasteiger partial charge in [-0.1, -0.05) is 24.3 Å². The molecule has 0 atom stereocenters. The largest absolute Gasteiger partial charge is 0.473 e. The molecule has 4 heteroatoms. The summed E-state index contributed by atoms with van der Waals surface area (Å²) in [5.41, 5.74) is 9.37. The summed E-state index contributed by atoms with van der Waals surface area (Å²) in [5, 5.41) is 5.53. The average molecular weight is 315 g/mol. The molecule has 0 aliphatic rings. The number of para-hydroxylation sites is 1. The van der Waals surface area contributed by atoms with Crippen molar-refractivity contribution in [2.24, 2.45) is 0 Å². The van der Waals surface area contributed by atoms with Crippen molar-refractivity contribution in [1.82, 2.24) is 4.98 Å². The van der Waals surface area contributed by atoms with Crippen LogP contribution in [0.2, 0.25) is 0 Å². The zero-order valence-electron chi connectivity index (χ0n) is 13.1. The van der Waals surface area contributed by atoms with Gasteiger partial charge in [-0.2, -0.15) is 0 Å². The van der Waals surface area contributed by atoms with Gasteiger partial charge in [-0.3, -0.25) is 0 Å². The second-order valence-corrected chi connectivity index (χ2v) is 5.59. The molecular weight excluding hydrogens is 298 g/mol. The topological polar surface area (TPSA) is 60.2 Å². The number of hydrogen-bond acceptors (Lipinski definition) is 4. The molecule has 0 fully saturated rings. The highest BCUT2D eigenvalue weighted by atomic mass is 16.5. The summed E-state index contributed by atoms with van der Waals surface area (Å²) in [5.74, 6) is 0.778. The number of nitrogen functional groups attached to an aromatic ring is 1. The first-order valence-corrected chi connectivity index (χ1v) is 7.80. The minimum absolute atomic E-state index is 0.371. The van der Waals surface area contributed by atoms with Crippen molar-refractivity contribution in [2.75, 3.05) is 17.8 Å². The third kappa shape index (κ3) is 2.82. The fraction of sp³-hybridized carbons (Fsp3) is 0.0500. The maximum atomic E-state index is 5.71. The van der Waals surface area contributed by atoms with Crippen LogP contribution in [-0.4, -0.2) is 11.7 Å². The van der Waals surface area contributed by atoms with Crippen molar-refractivity contribution >= 4 is 33.2 Å². The van der Waals surface area contributed by atoms with E-state index in [1.54, 1.807) is 0 Å². The molecule has 0 aliphatic heterocycles. The highest BCUT2D eigenvalue weighted by Gasteiger charge is 2.04. The Morgan fingerprint density at radius 1 is 0.875 bits per heavy atom. The first-order chi connectivity index (χ1) is 11.8. The molecule has 0 bridgehead atoms. The van der Waals surface area contributed by atoms with E-state index in [2.05, 4.69) is 17.4 Å². The molecule has 1 aromatic heterocycles. The highest BCUT2D eigenvalue weighted by Crippen LogP contribution is 2.26. The lowest BCUT2D eigenvalue weighted by Gasteiger charge is -2.12. The van der Waals surface area contributed by atoms with E-state index in [0.29, 0.717) is 6.73 Å². The summed E-state index contributed by atoms with van der Waals surface area (Å²) >= 11 is 0. The van der Waals surface area contributed by atoms with Crippen LogP contribution in [0.5, 0.6) is 5.75 Å². The Balaban J connectivity index is 1.59. The fourth-order valence-electron chi connectivity index (χ4n) is 2.71. The smallest absolute Gasteiger partial charge is 0.159 e. The van der Waals surface area contributed by atoms with Crippen LogP contribution in [0.3, 0.4) is 0 Å². The molecule has 0 radical (unpaired) electrons. The number of benzene rings is 3. The second-order valence-electron chi connectivity index (χ2n) is 5.59. The molecule has 0 amide bonds. The van der Waals surface area contributed by atoms with Gasteiger partial charge in [0.15, 0.2) is 6.73 Å². The number of nitrogens with two attached hydrogens (primary N) is 1. The number of anilines is 2. The quantitative estimate of drug-likeness (QED) is 0.332. The van der Waals surface area contributed by atoms with Gasteiger partial charge in [0.1, 0.15) is 5.75 Å². The molecule has 3 aromatic carbocycles. The molecule has 0 aliphatic carbocycles. The fourth-order valence-corrected chi connectivity index (χ4v) is 2.71. The van der Waals surface area contributed by atoms with Crippen LogP contribution in [-0.2, 0) is 0 Å². The molecule has 4 rings (SSSR count). The van der Waals surface area contributed by atoms with Crippen molar-refractivity contribution in [3.63, 3.8) is 0 Å². The minimum Gasteiger partial charge on any atom is -0.473 e. The Labute approximate surface area is 139 Å². The minimum atomic E-state index is 0.371. The SMILES string of the molecule is Nc1ccc(OCNc2cccc3nc4ccccc4cc23)cc1. The number of nitrogens with zero attached hydrogens (tertiary/aromatic N) is 1. The van der Waals surface area contributed by atoms with Crippen LogP contribution in [0.1, 0.15) is 0 Å². The zero-order chi connectivity index (χ0) is 16.4. The molecule has 118 valence electrons. The Kier molecular flexibility index (Phi) is 3.63. The summed E-state index contributed by atoms with van der Waals surface area (Å²) in [6.07, 6.45) is 0. The molecular formula is C20H17N3O. The van der Waals surface area contributed by atoms with E-state index in [-0.39, 0.29) is 0 Å². The van der Waals surface area contributed by atoms with Crippen LogP contribution in [0.15, 0.2) is 72.8 Å². The molecule has 4 aromatic rings. The van der Waals surface area contributed by atoms with E-state index in [9.17, 15) is 0 Å². The monoisotopic (exact) mass is 315 g/mol. The van der Waals surface area contributed by atoms with E-state index >= 15 is 0 Å². The summed E-state index contributed by atoms with van der Waals surface area (Å²) in [4.78, 5) is 4.72. The van der Waals surface area contributed by atoms with Gasteiger partial charge in [0, 0.05) is 22.1 Å². The van der Waals surface area contributed by atoms with Crippen LogP contribution in [0.25, 0.3) is 21.8 Å². The second kappa shape index (κ2) is 6.08. The summed E-state index contributed by atoms with van der Waals surface area (Å²) in [6.45, 7) is 0.371. The number of ether oxygens (including phenoxy) is 1. The van der Waals surface area contributed by atoms with Crippen molar-refractivity contribution in [3.05, 3.63) is 72.8 Å². The van der Waals surface area contributed by atoms with E-state index in [1.807, 2.05) is 60.7 Å². The third-order valence-corrected chi connectivity index (χ3v) is 3.94. The van der Waals surface area contributed by atoms with Crippen molar-refractivity contribution in [1.29, 1.82) is 0 Å². The van der Waals surface area contributed by atoms with Crippen LogP contribution >= 0.6 is 0 Å². The number of nitrogens with one attached hydrogen (secondary N) is 1. The third-order valence-electron chi connectivity index (χ3n) is 3.94. The Morgan fingerprint density at radius 2 is 1.67 bits per heavy atom. The Morgan fingerprint density at radius 3 is 2.54 bits per heavy atom. The number of aromatic nitrogens is 1. The summed E-state index contributed by atoms with van der Waals surface area (Å²) < 4.78 is 5.71. The van der Waals surface area contributed by atoms with Crippen LogP contribution < -0.4 is 15.8 Å². The van der Waals surface area contributed by atoms with Crippen LogP contribution in [0, 0.1) is 0 Å². The van der Waals surface area contributed by atoms with E-state index in [1.165, 1.54) is 0 Å². The van der Waals surface area contributed by atoms with Crippen molar-refractivity contribution in [3.8, 4) is 5.75 Å². The normalized spacial score (nSPS) is 10.8. The average Bonchev–Trinajstić information content (AvgIpc) is 2.62. The van der Waals surface area contributed by atoms with E-state index < -0.39 is 0 Å². The molecule has 0 unspecified atom stereocenters. The molecule has 24 heavy (non-hydrogen) atoms. The lowest BCUT2D eigenvalue weighted by molar-refractivity contribution is 0.347. The Hall–Kier alpha value is -3.27. The van der Waals surface area contributed by atoms with Gasteiger partial charge in [-0.15, -0.1) is 0 Å². The number of rotatable bonds is 4. The van der Waals surface area contributed by atoms with E-state index in [4.69, 9.17) is 15.5 Å². The van der Waals surface area contributed by atoms with Gasteiger partial charge in [0.05, 0.1) is 11.0 Å². The van der Waals surface area contributed by atoms with Gasteiger partial charge in [0.2, 0.25) is 0 Å². The van der Waals surface area contributed by atoms with Crippen molar-refractivity contribution < 1.29 is 4.74 Å². The molecule has 0 spiro atoms. The van der Waals surface area contributed by atoms with Gasteiger partial charge >= 0.3 is 0 Å². The highest BCUT2D eigenvalue weighted by molar-refractivity contribution is 5.99. The maximum absolute atomic E-state index is 5.71. The first-order valence-electron chi connectivity index (χ1n) is 7.80. The molecule has 0 saturated heterocycles. The predicted molar refractivity (Wildman–Crippen MR) is 99.2 cm³/mol. The van der Waals surface area contributed by atoms with Gasteiger partial charge < -0.3 is 15.8 Å². The molecule has 0 saturated carbocycles. The van der Waals surface area contributed by atoms with Gasteiger partial charge in [-0.25, -0.2) is 4.98 Å². The zero-order valence-corrected chi connectivity index (χ0v) is 13.1. The number of hydrogen-bond donors (Lipinski definition) is 2. The summed E-state index contributed by atoms with van der Waals surface area (Å²) in [7, 11) is 0. The van der Waals surface area contributed by atoms with Gasteiger partial charge in [-0.05, 0) is 48.5 Å². The first kappa shape index (κ1) is 14.3. The van der Waals surface area contributed by atoms with E-state index in [0.717, 1.165) is 38.9 Å².